The molecule has 0 radical (unpaired) electrons. The van der Waals surface area contributed by atoms with E-state index in [4.69, 9.17) is 11.6 Å². The average molecular weight is 433 g/mol. The number of nitrogens with one attached hydrogen (secondary N) is 2. The third-order valence-electron chi connectivity index (χ3n) is 5.04. The van der Waals surface area contributed by atoms with Gasteiger partial charge in [0.2, 0.25) is 0 Å². The Morgan fingerprint density at radius 1 is 0.903 bits per heavy atom. The summed E-state index contributed by atoms with van der Waals surface area (Å²) in [6, 6.07) is 16.4. The summed E-state index contributed by atoms with van der Waals surface area (Å²) < 4.78 is 14.4. The van der Waals surface area contributed by atoms with E-state index in [1.165, 1.54) is 18.2 Å². The fourth-order valence-electron chi connectivity index (χ4n) is 3.64. The summed E-state index contributed by atoms with van der Waals surface area (Å²) in [6.45, 7) is 0. The summed E-state index contributed by atoms with van der Waals surface area (Å²) in [5.74, 6) is -0.222. The predicted octanol–water partition coefficient (Wildman–Crippen LogP) is 4.21. The number of aromatic nitrogens is 4. The number of nitrogens with zero attached hydrogens (tertiary/aromatic N) is 2. The average Bonchev–Trinajstić information content (AvgIpc) is 2.76. The topological polar surface area (TPSA) is 91.5 Å². The van der Waals surface area contributed by atoms with E-state index in [0.29, 0.717) is 43.5 Å². The fraction of sp³-hybridized carbons (Fsp3) is 0.0435. The van der Waals surface area contributed by atoms with Crippen LogP contribution in [-0.2, 0) is 6.42 Å². The van der Waals surface area contributed by atoms with Crippen LogP contribution in [0.5, 0.6) is 0 Å². The Labute approximate surface area is 179 Å². The van der Waals surface area contributed by atoms with E-state index in [2.05, 4.69) is 20.2 Å². The van der Waals surface area contributed by atoms with Gasteiger partial charge in [-0.15, -0.1) is 0 Å². The molecule has 0 aliphatic carbocycles. The summed E-state index contributed by atoms with van der Waals surface area (Å²) in [5, 5.41) is 8.64. The zero-order valence-electron chi connectivity index (χ0n) is 15.9. The van der Waals surface area contributed by atoms with E-state index >= 15 is 0 Å². The molecule has 8 heteroatoms. The van der Waals surface area contributed by atoms with Gasteiger partial charge in [-0.1, -0.05) is 29.8 Å². The number of hydrogen-bond acceptors (Lipinski definition) is 4. The molecule has 3 aromatic carbocycles. The Bertz CT molecular complexity index is 1590. The van der Waals surface area contributed by atoms with Crippen molar-refractivity contribution in [3.63, 3.8) is 0 Å². The van der Waals surface area contributed by atoms with E-state index in [0.717, 1.165) is 0 Å². The van der Waals surface area contributed by atoms with E-state index in [-0.39, 0.29) is 23.4 Å². The van der Waals surface area contributed by atoms with Gasteiger partial charge in [-0.05, 0) is 48.0 Å². The van der Waals surface area contributed by atoms with Gasteiger partial charge in [0.25, 0.3) is 11.1 Å². The first-order valence-electron chi connectivity index (χ1n) is 9.44. The maximum atomic E-state index is 14.4. The number of rotatable bonds is 3. The molecule has 0 spiro atoms. The van der Waals surface area contributed by atoms with Crippen molar-refractivity contribution in [1.82, 2.24) is 20.2 Å². The molecule has 2 aromatic heterocycles. The second-order valence-corrected chi connectivity index (χ2v) is 7.58. The van der Waals surface area contributed by atoms with Crippen LogP contribution in [-0.4, -0.2) is 20.2 Å². The van der Waals surface area contributed by atoms with E-state index in [1.54, 1.807) is 36.4 Å². The van der Waals surface area contributed by atoms with Gasteiger partial charge in [-0.3, -0.25) is 9.59 Å². The molecule has 0 saturated carbocycles. The highest BCUT2D eigenvalue weighted by Crippen LogP contribution is 2.23. The predicted molar refractivity (Wildman–Crippen MR) is 118 cm³/mol. The van der Waals surface area contributed by atoms with E-state index in [9.17, 15) is 14.0 Å². The molecule has 2 heterocycles. The molecule has 5 aromatic rings. The molecular formula is C23H14ClFN4O2. The number of halogens is 2. The van der Waals surface area contributed by atoms with Gasteiger partial charge in [0.15, 0.2) is 0 Å². The SMILES string of the molecule is O=c1[nH]c(-c2cc(F)cc(Cc3n[nH]c(=O)c4ccccc34)c2)nc2ccc(Cl)cc12. The van der Waals surface area contributed by atoms with Crippen LogP contribution in [0.4, 0.5) is 4.39 Å². The zero-order valence-corrected chi connectivity index (χ0v) is 16.7. The van der Waals surface area contributed by atoms with Crippen LogP contribution >= 0.6 is 11.6 Å². The first-order chi connectivity index (χ1) is 15.0. The molecule has 0 unspecified atom stereocenters. The molecule has 0 atom stereocenters. The number of hydrogen-bond donors (Lipinski definition) is 2. The molecule has 0 aliphatic heterocycles. The number of benzene rings is 3. The van der Waals surface area contributed by atoms with Crippen LogP contribution in [0.1, 0.15) is 11.3 Å². The van der Waals surface area contributed by atoms with Crippen molar-refractivity contribution in [3.05, 3.63) is 103 Å². The highest BCUT2D eigenvalue weighted by molar-refractivity contribution is 6.31. The molecule has 5 rings (SSSR count). The van der Waals surface area contributed by atoms with Gasteiger partial charge >= 0.3 is 0 Å². The summed E-state index contributed by atoms with van der Waals surface area (Å²) in [5.41, 5.74) is 1.48. The minimum Gasteiger partial charge on any atom is -0.306 e. The zero-order chi connectivity index (χ0) is 21.5. The molecule has 0 saturated heterocycles. The monoisotopic (exact) mass is 432 g/mol. The lowest BCUT2D eigenvalue weighted by atomic mass is 10.0. The first-order valence-corrected chi connectivity index (χ1v) is 9.81. The van der Waals surface area contributed by atoms with Crippen LogP contribution in [0.15, 0.2) is 70.3 Å². The van der Waals surface area contributed by atoms with Crippen molar-refractivity contribution in [3.8, 4) is 11.4 Å². The molecule has 0 bridgehead atoms. The van der Waals surface area contributed by atoms with E-state index < -0.39 is 5.82 Å². The van der Waals surface area contributed by atoms with Crippen molar-refractivity contribution in [2.75, 3.05) is 0 Å². The van der Waals surface area contributed by atoms with Crippen LogP contribution in [0.2, 0.25) is 5.02 Å². The van der Waals surface area contributed by atoms with Gasteiger partial charge < -0.3 is 4.98 Å². The standard InChI is InChI=1S/C23H14ClFN4O2/c24-14-5-6-19-18(11-14)22(30)27-21(26-19)13-7-12(8-15(25)10-13)9-20-16-3-1-2-4-17(16)23(31)29-28-20/h1-8,10-11H,9H2,(H,29,31)(H,26,27,30). The van der Waals surface area contributed by atoms with Gasteiger partial charge in [-0.2, -0.15) is 5.10 Å². The number of H-pyrrole nitrogens is 2. The molecule has 0 fully saturated rings. The van der Waals surface area contributed by atoms with Gasteiger partial charge in [0.1, 0.15) is 11.6 Å². The first kappa shape index (κ1) is 19.1. The Morgan fingerprint density at radius 2 is 1.71 bits per heavy atom. The van der Waals surface area contributed by atoms with Crippen molar-refractivity contribution < 1.29 is 4.39 Å². The maximum Gasteiger partial charge on any atom is 0.272 e. The second kappa shape index (κ2) is 7.45. The van der Waals surface area contributed by atoms with Crippen molar-refractivity contribution >= 4 is 33.3 Å². The smallest absolute Gasteiger partial charge is 0.272 e. The molecule has 152 valence electrons. The highest BCUT2D eigenvalue weighted by atomic mass is 35.5. The maximum absolute atomic E-state index is 14.4. The third kappa shape index (κ3) is 3.60. The summed E-state index contributed by atoms with van der Waals surface area (Å²) in [6.07, 6.45) is 0.287. The number of fused-ring (bicyclic) bond motifs is 2. The normalized spacial score (nSPS) is 11.3. The summed E-state index contributed by atoms with van der Waals surface area (Å²) >= 11 is 5.96. The second-order valence-electron chi connectivity index (χ2n) is 7.15. The molecule has 2 N–H and O–H groups in total. The van der Waals surface area contributed by atoms with Gasteiger partial charge in [0.05, 0.1) is 22.0 Å². The van der Waals surface area contributed by atoms with Crippen molar-refractivity contribution in [2.45, 2.75) is 6.42 Å². The van der Waals surface area contributed by atoms with Gasteiger partial charge in [-0.25, -0.2) is 14.5 Å². The Hall–Kier alpha value is -3.84. The molecule has 0 amide bonds. The molecule has 6 nitrogen and oxygen atoms in total. The Balaban J connectivity index is 1.60. The van der Waals surface area contributed by atoms with E-state index in [1.807, 2.05) is 6.07 Å². The third-order valence-corrected chi connectivity index (χ3v) is 5.28. The summed E-state index contributed by atoms with van der Waals surface area (Å²) in [4.78, 5) is 31.6. The quantitative estimate of drug-likeness (QED) is 0.446. The molecular weight excluding hydrogens is 419 g/mol. The molecule has 31 heavy (non-hydrogen) atoms. The fourth-order valence-corrected chi connectivity index (χ4v) is 3.81. The Kier molecular flexibility index (Phi) is 4.60. The van der Waals surface area contributed by atoms with Crippen LogP contribution in [0.25, 0.3) is 33.1 Å². The Morgan fingerprint density at radius 3 is 2.55 bits per heavy atom. The lowest BCUT2D eigenvalue weighted by Gasteiger charge is -2.08. The van der Waals surface area contributed by atoms with Crippen molar-refractivity contribution in [2.24, 2.45) is 0 Å². The van der Waals surface area contributed by atoms with Crippen LogP contribution in [0.3, 0.4) is 0 Å². The highest BCUT2D eigenvalue weighted by Gasteiger charge is 2.12. The number of aromatic amines is 2. The largest absolute Gasteiger partial charge is 0.306 e. The minimum absolute atomic E-state index is 0.250. The minimum atomic E-state index is -0.472. The van der Waals surface area contributed by atoms with Gasteiger partial charge in [0, 0.05) is 22.4 Å². The van der Waals surface area contributed by atoms with Crippen molar-refractivity contribution in [1.29, 1.82) is 0 Å². The van der Waals surface area contributed by atoms with Crippen LogP contribution in [0, 0.1) is 5.82 Å². The lowest BCUT2D eigenvalue weighted by molar-refractivity contribution is 0.626. The lowest BCUT2D eigenvalue weighted by Crippen LogP contribution is -2.11. The summed E-state index contributed by atoms with van der Waals surface area (Å²) in [7, 11) is 0. The van der Waals surface area contributed by atoms with Crippen LogP contribution < -0.4 is 11.1 Å². The molecule has 0 aliphatic rings.